The third kappa shape index (κ3) is 4.17. The Hall–Kier alpha value is -3.60. The Morgan fingerprint density at radius 3 is 2.71 bits per heavy atom. The van der Waals surface area contributed by atoms with Crippen LogP contribution in [0.1, 0.15) is 30.4 Å². The molecule has 1 heterocycles. The lowest BCUT2D eigenvalue weighted by Gasteiger charge is -2.29. The molecule has 4 rings (SSSR count). The first-order valence-corrected chi connectivity index (χ1v) is 10.5. The normalized spacial score (nSPS) is 24.0. The van der Waals surface area contributed by atoms with E-state index in [2.05, 4.69) is 24.1 Å². The van der Waals surface area contributed by atoms with Gasteiger partial charge in [-0.2, -0.15) is 0 Å². The summed E-state index contributed by atoms with van der Waals surface area (Å²) in [6.45, 7) is 4.09. The molecule has 5 heteroatoms. The quantitative estimate of drug-likeness (QED) is 0.299. The fraction of sp³-hybridized carbons (Fsp3) is 0.231. The van der Waals surface area contributed by atoms with E-state index < -0.39 is 5.92 Å². The molecular formula is C26H27N5. The van der Waals surface area contributed by atoms with Gasteiger partial charge in [-0.3, -0.25) is 15.4 Å². The molecule has 0 amide bonds. The summed E-state index contributed by atoms with van der Waals surface area (Å²) in [5.74, 6) is -0.759. The van der Waals surface area contributed by atoms with Crippen LogP contribution < -0.4 is 5.73 Å². The Morgan fingerprint density at radius 2 is 1.94 bits per heavy atom. The summed E-state index contributed by atoms with van der Waals surface area (Å²) in [5, 5.41) is 18.5. The minimum absolute atomic E-state index is 0.0210. The van der Waals surface area contributed by atoms with Gasteiger partial charge in [-0.25, -0.2) is 0 Å². The molecule has 1 aliphatic rings. The van der Waals surface area contributed by atoms with E-state index in [0.29, 0.717) is 11.4 Å². The number of aliphatic imine (C=N–C) groups is 1. The number of benzene rings is 2. The van der Waals surface area contributed by atoms with Gasteiger partial charge in [0.2, 0.25) is 0 Å². The van der Waals surface area contributed by atoms with E-state index in [9.17, 15) is 0 Å². The summed E-state index contributed by atoms with van der Waals surface area (Å²) in [7, 11) is 0. The van der Waals surface area contributed by atoms with Gasteiger partial charge >= 0.3 is 0 Å². The van der Waals surface area contributed by atoms with Crippen LogP contribution in [-0.4, -0.2) is 22.2 Å². The smallest absolute Gasteiger partial charge is 0.101 e. The van der Waals surface area contributed by atoms with Crippen molar-refractivity contribution in [3.63, 3.8) is 0 Å². The number of rotatable bonds is 3. The van der Waals surface area contributed by atoms with Gasteiger partial charge in [-0.05, 0) is 42.7 Å². The number of nitrogens with zero attached hydrogens (tertiary/aromatic N) is 2. The Balaban J connectivity index is 1.82. The van der Waals surface area contributed by atoms with Crippen LogP contribution >= 0.6 is 0 Å². The lowest BCUT2D eigenvalue weighted by Crippen LogP contribution is -2.40. The van der Waals surface area contributed by atoms with Gasteiger partial charge in [-0.15, -0.1) is 0 Å². The van der Waals surface area contributed by atoms with Crippen molar-refractivity contribution in [2.75, 3.05) is 0 Å². The molecule has 0 aliphatic heterocycles. The number of amidine groups is 1. The maximum Gasteiger partial charge on any atom is 0.101 e. The van der Waals surface area contributed by atoms with E-state index in [-0.39, 0.29) is 17.7 Å². The van der Waals surface area contributed by atoms with Gasteiger partial charge in [0.25, 0.3) is 0 Å². The Morgan fingerprint density at radius 1 is 1.13 bits per heavy atom. The van der Waals surface area contributed by atoms with Crippen molar-refractivity contribution in [3.05, 3.63) is 84.1 Å². The predicted molar refractivity (Wildman–Crippen MR) is 129 cm³/mol. The van der Waals surface area contributed by atoms with Crippen LogP contribution in [0, 0.1) is 29.6 Å². The second kappa shape index (κ2) is 8.64. The van der Waals surface area contributed by atoms with Crippen LogP contribution in [0.5, 0.6) is 0 Å². The second-order valence-corrected chi connectivity index (χ2v) is 8.18. The number of para-hydroxylation sites is 1. The zero-order valence-electron chi connectivity index (χ0n) is 17.8. The molecule has 2 aromatic carbocycles. The van der Waals surface area contributed by atoms with Crippen LogP contribution in [0.15, 0.2) is 77.9 Å². The maximum atomic E-state index is 9.06. The molecule has 3 atom stereocenters. The first-order chi connectivity index (χ1) is 15.0. The van der Waals surface area contributed by atoms with Gasteiger partial charge in [0.05, 0.1) is 28.5 Å². The average Bonchev–Trinajstić information content (AvgIpc) is 2.76. The molecule has 1 aromatic heterocycles. The summed E-state index contributed by atoms with van der Waals surface area (Å²) in [4.78, 5) is 9.36. The number of hydrogen-bond donors (Lipinski definition) is 3. The van der Waals surface area contributed by atoms with Crippen molar-refractivity contribution in [2.45, 2.75) is 26.2 Å². The zero-order valence-corrected chi connectivity index (χ0v) is 17.8. The van der Waals surface area contributed by atoms with Crippen molar-refractivity contribution in [1.29, 1.82) is 10.8 Å². The highest BCUT2D eigenvalue weighted by atomic mass is 14.8. The van der Waals surface area contributed by atoms with Crippen molar-refractivity contribution < 1.29 is 0 Å². The van der Waals surface area contributed by atoms with Crippen LogP contribution in [0.3, 0.4) is 0 Å². The van der Waals surface area contributed by atoms with E-state index in [4.69, 9.17) is 21.5 Å². The number of nitrogens with two attached hydrogens (primary N) is 1. The summed E-state index contributed by atoms with van der Waals surface area (Å²) < 4.78 is 0. The van der Waals surface area contributed by atoms with Gasteiger partial charge in [0.1, 0.15) is 5.84 Å². The molecule has 3 aromatic rings. The molecule has 0 saturated carbocycles. The minimum atomic E-state index is -0.581. The van der Waals surface area contributed by atoms with Crippen molar-refractivity contribution in [2.24, 2.45) is 22.6 Å². The lowest BCUT2D eigenvalue weighted by molar-refractivity contribution is 0.724. The minimum Gasteiger partial charge on any atom is -0.387 e. The van der Waals surface area contributed by atoms with Crippen molar-refractivity contribution in [1.82, 2.24) is 4.98 Å². The number of fused-ring (bicyclic) bond motifs is 1. The Bertz CT molecular complexity index is 1210. The molecule has 0 radical (unpaired) electrons. The monoisotopic (exact) mass is 409 g/mol. The summed E-state index contributed by atoms with van der Waals surface area (Å²) in [6, 6.07) is 18.0. The molecule has 3 unspecified atom stereocenters. The van der Waals surface area contributed by atoms with Crippen molar-refractivity contribution >= 4 is 33.8 Å². The highest BCUT2D eigenvalue weighted by Crippen LogP contribution is 2.33. The molecule has 0 fully saturated rings. The molecule has 0 bridgehead atoms. The third-order valence-corrected chi connectivity index (χ3v) is 5.95. The second-order valence-electron chi connectivity index (χ2n) is 8.18. The molecule has 0 saturated heterocycles. The third-order valence-electron chi connectivity index (χ3n) is 5.95. The molecule has 0 spiro atoms. The molecule has 31 heavy (non-hydrogen) atoms. The SMILES string of the molecule is Cc1ccccc1N=C1C(=N)C(C(=N)N)C(c2ccc3cccnc3c2)/C=C/CC1C. The van der Waals surface area contributed by atoms with E-state index in [1.54, 1.807) is 6.20 Å². The van der Waals surface area contributed by atoms with Gasteiger partial charge in [0, 0.05) is 23.4 Å². The number of nitrogens with one attached hydrogen (secondary N) is 2. The average molecular weight is 410 g/mol. The van der Waals surface area contributed by atoms with Crippen LogP contribution in [0.2, 0.25) is 0 Å². The standard InChI is InChI=1S/C26H27N5/c1-16-7-3-4-11-21(16)31-25-17(2)8-5-10-20(23(24(25)27)26(28)29)19-13-12-18-9-6-14-30-22(18)15-19/h3-7,9-15,17,20,23,27H,8H2,1-2H3,(H3,28,29)/b10-5+,27-24?,31-25?. The summed E-state index contributed by atoms with van der Waals surface area (Å²) in [6.07, 6.45) is 6.78. The fourth-order valence-corrected chi connectivity index (χ4v) is 4.19. The Kier molecular flexibility index (Phi) is 5.76. The van der Waals surface area contributed by atoms with E-state index in [1.165, 1.54) is 0 Å². The van der Waals surface area contributed by atoms with Crippen LogP contribution in [-0.2, 0) is 0 Å². The maximum absolute atomic E-state index is 9.06. The molecule has 5 nitrogen and oxygen atoms in total. The topological polar surface area (TPSA) is 99.0 Å². The highest BCUT2D eigenvalue weighted by Gasteiger charge is 2.33. The molecule has 156 valence electrons. The van der Waals surface area contributed by atoms with E-state index in [0.717, 1.165) is 34.1 Å². The zero-order chi connectivity index (χ0) is 22.0. The number of allylic oxidation sites excluding steroid dienone is 2. The molecule has 1 aliphatic carbocycles. The largest absolute Gasteiger partial charge is 0.387 e. The lowest BCUT2D eigenvalue weighted by atomic mass is 9.76. The highest BCUT2D eigenvalue weighted by molar-refractivity contribution is 6.46. The van der Waals surface area contributed by atoms with E-state index >= 15 is 0 Å². The van der Waals surface area contributed by atoms with Gasteiger partial charge < -0.3 is 11.1 Å². The van der Waals surface area contributed by atoms with Crippen LogP contribution in [0.4, 0.5) is 5.69 Å². The fourth-order valence-electron chi connectivity index (χ4n) is 4.19. The summed E-state index contributed by atoms with van der Waals surface area (Å²) >= 11 is 0. The van der Waals surface area contributed by atoms with Crippen molar-refractivity contribution in [3.8, 4) is 0 Å². The number of pyridine rings is 1. The number of aryl methyl sites for hydroxylation is 1. The molecular weight excluding hydrogens is 382 g/mol. The van der Waals surface area contributed by atoms with Gasteiger partial charge in [-0.1, -0.05) is 55.5 Å². The summed E-state index contributed by atoms with van der Waals surface area (Å²) in [5.41, 5.74) is 10.9. The predicted octanol–water partition coefficient (Wildman–Crippen LogP) is 5.57. The van der Waals surface area contributed by atoms with Gasteiger partial charge in [0.15, 0.2) is 0 Å². The van der Waals surface area contributed by atoms with Crippen LogP contribution in [0.25, 0.3) is 10.9 Å². The first kappa shape index (κ1) is 20.7. The number of hydrogen-bond acceptors (Lipinski definition) is 4. The van der Waals surface area contributed by atoms with E-state index in [1.807, 2.05) is 61.5 Å². The molecule has 4 N–H and O–H groups in total. The number of aromatic nitrogens is 1. The Labute approximate surface area is 182 Å². The first-order valence-electron chi connectivity index (χ1n) is 10.5.